The van der Waals surface area contributed by atoms with Gasteiger partial charge >= 0.3 is 0 Å². The normalized spacial score (nSPS) is 11.9. The second-order valence-electron chi connectivity index (χ2n) is 4.80. The lowest BCUT2D eigenvalue weighted by molar-refractivity contribution is -0.122. The first-order valence-electron chi connectivity index (χ1n) is 7.16. The number of rotatable bonds is 9. The quantitative estimate of drug-likeness (QED) is 0.601. The van der Waals surface area contributed by atoms with Gasteiger partial charge in [-0.05, 0) is 19.3 Å². The molecule has 1 rings (SSSR count). The molecule has 1 atom stereocenters. The molecule has 0 radical (unpaired) electrons. The van der Waals surface area contributed by atoms with Crippen molar-refractivity contribution >= 4 is 11.8 Å². The van der Waals surface area contributed by atoms with Crippen molar-refractivity contribution in [3.05, 3.63) is 18.2 Å². The monoisotopic (exact) mass is 280 g/mol. The van der Waals surface area contributed by atoms with Gasteiger partial charge in [0.1, 0.15) is 5.82 Å². The fourth-order valence-electron chi connectivity index (χ4n) is 1.95. The van der Waals surface area contributed by atoms with Crippen molar-refractivity contribution in [2.45, 2.75) is 52.0 Å². The fourth-order valence-corrected chi connectivity index (χ4v) is 1.95. The highest BCUT2D eigenvalue weighted by Crippen LogP contribution is 2.11. The van der Waals surface area contributed by atoms with Crippen LogP contribution in [0.1, 0.15) is 57.8 Å². The van der Waals surface area contributed by atoms with Gasteiger partial charge in [-0.2, -0.15) is 0 Å². The van der Waals surface area contributed by atoms with Crippen LogP contribution in [0.3, 0.4) is 0 Å². The Hall–Kier alpha value is -1.85. The molecule has 0 saturated heterocycles. The molecular weight excluding hydrogens is 256 g/mol. The minimum Gasteiger partial charge on any atom is -0.356 e. The number of amides is 2. The summed E-state index contributed by atoms with van der Waals surface area (Å²) in [6, 6.07) is -0.0446. The van der Waals surface area contributed by atoms with Gasteiger partial charge in [0.15, 0.2) is 0 Å². The molecule has 6 heteroatoms. The van der Waals surface area contributed by atoms with Crippen LogP contribution in [0, 0.1) is 0 Å². The van der Waals surface area contributed by atoms with Crippen molar-refractivity contribution in [3.8, 4) is 0 Å². The van der Waals surface area contributed by atoms with Crippen LogP contribution in [-0.2, 0) is 9.59 Å². The molecule has 0 aliphatic carbocycles. The van der Waals surface area contributed by atoms with Crippen molar-refractivity contribution in [1.29, 1.82) is 0 Å². The molecular formula is C14H24N4O2. The second-order valence-corrected chi connectivity index (χ2v) is 4.80. The Bertz CT molecular complexity index is 403. The van der Waals surface area contributed by atoms with Crippen LogP contribution >= 0.6 is 0 Å². The molecule has 3 N–H and O–H groups in total. The molecule has 0 saturated carbocycles. The van der Waals surface area contributed by atoms with Gasteiger partial charge in [-0.25, -0.2) is 4.98 Å². The van der Waals surface area contributed by atoms with Crippen molar-refractivity contribution in [2.75, 3.05) is 6.54 Å². The Morgan fingerprint density at radius 1 is 1.35 bits per heavy atom. The molecule has 2 amide bonds. The number of hydrogen-bond acceptors (Lipinski definition) is 3. The molecule has 1 heterocycles. The first-order chi connectivity index (χ1) is 9.63. The van der Waals surface area contributed by atoms with E-state index in [1.807, 2.05) is 6.92 Å². The zero-order chi connectivity index (χ0) is 14.8. The van der Waals surface area contributed by atoms with Crippen LogP contribution in [0.5, 0.6) is 0 Å². The number of H-pyrrole nitrogens is 1. The Balaban J connectivity index is 2.15. The van der Waals surface area contributed by atoms with Gasteiger partial charge in [0.25, 0.3) is 0 Å². The highest BCUT2D eigenvalue weighted by atomic mass is 16.2. The lowest BCUT2D eigenvalue weighted by Crippen LogP contribution is -2.28. The molecule has 112 valence electrons. The van der Waals surface area contributed by atoms with Gasteiger partial charge in [-0.1, -0.05) is 13.3 Å². The summed E-state index contributed by atoms with van der Waals surface area (Å²) in [5.74, 6) is 0.839. The minimum atomic E-state index is -0.0446. The summed E-state index contributed by atoms with van der Waals surface area (Å²) < 4.78 is 0. The van der Waals surface area contributed by atoms with Crippen LogP contribution < -0.4 is 10.6 Å². The van der Waals surface area contributed by atoms with E-state index in [2.05, 4.69) is 20.6 Å². The highest BCUT2D eigenvalue weighted by Gasteiger charge is 2.14. The second kappa shape index (κ2) is 9.12. The van der Waals surface area contributed by atoms with E-state index in [1.165, 1.54) is 6.92 Å². The van der Waals surface area contributed by atoms with Crippen LogP contribution in [0.2, 0.25) is 0 Å². The van der Waals surface area contributed by atoms with Crippen LogP contribution in [0.4, 0.5) is 0 Å². The number of nitrogens with zero attached hydrogens (tertiary/aromatic N) is 1. The lowest BCUT2D eigenvalue weighted by atomic mass is 10.1. The summed E-state index contributed by atoms with van der Waals surface area (Å²) in [6.07, 6.45) is 7.44. The minimum absolute atomic E-state index is 0.00743. The SMILES string of the molecule is CCC(NC(=O)CCCCCNC(C)=O)c1ncc[nH]1. The third kappa shape index (κ3) is 6.36. The summed E-state index contributed by atoms with van der Waals surface area (Å²) in [6.45, 7) is 4.20. The smallest absolute Gasteiger partial charge is 0.220 e. The van der Waals surface area contributed by atoms with Crippen molar-refractivity contribution in [2.24, 2.45) is 0 Å². The number of unbranched alkanes of at least 4 members (excludes halogenated alkanes) is 2. The molecule has 1 aromatic rings. The first-order valence-corrected chi connectivity index (χ1v) is 7.16. The van der Waals surface area contributed by atoms with E-state index in [9.17, 15) is 9.59 Å². The van der Waals surface area contributed by atoms with Crippen LogP contribution in [0.25, 0.3) is 0 Å². The zero-order valence-corrected chi connectivity index (χ0v) is 12.2. The van der Waals surface area contributed by atoms with Gasteiger partial charge in [0, 0.05) is 32.3 Å². The van der Waals surface area contributed by atoms with E-state index in [0.29, 0.717) is 13.0 Å². The summed E-state index contributed by atoms with van der Waals surface area (Å²) in [5, 5.41) is 5.72. The molecule has 0 fully saturated rings. The van der Waals surface area contributed by atoms with Crippen LogP contribution in [0.15, 0.2) is 12.4 Å². The van der Waals surface area contributed by atoms with Gasteiger partial charge in [0.2, 0.25) is 11.8 Å². The van der Waals surface area contributed by atoms with Crippen LogP contribution in [-0.4, -0.2) is 28.3 Å². The van der Waals surface area contributed by atoms with E-state index in [-0.39, 0.29) is 17.9 Å². The van der Waals surface area contributed by atoms with Gasteiger partial charge in [-0.3, -0.25) is 9.59 Å². The summed E-state index contributed by atoms with van der Waals surface area (Å²) in [5.41, 5.74) is 0. The number of carbonyl (C=O) groups is 2. The predicted molar refractivity (Wildman–Crippen MR) is 76.9 cm³/mol. The lowest BCUT2D eigenvalue weighted by Gasteiger charge is -2.14. The molecule has 6 nitrogen and oxygen atoms in total. The maximum atomic E-state index is 11.8. The van der Waals surface area contributed by atoms with Gasteiger partial charge in [-0.15, -0.1) is 0 Å². The third-order valence-corrected chi connectivity index (χ3v) is 3.05. The fraction of sp³-hybridized carbons (Fsp3) is 0.643. The third-order valence-electron chi connectivity index (χ3n) is 3.05. The first kappa shape index (κ1) is 16.2. The van der Waals surface area contributed by atoms with Gasteiger partial charge < -0.3 is 15.6 Å². The highest BCUT2D eigenvalue weighted by molar-refractivity contribution is 5.76. The van der Waals surface area contributed by atoms with Crippen molar-refractivity contribution < 1.29 is 9.59 Å². The Kier molecular flexibility index (Phi) is 7.39. The molecule has 0 bridgehead atoms. The Labute approximate surface area is 119 Å². The zero-order valence-electron chi connectivity index (χ0n) is 12.2. The van der Waals surface area contributed by atoms with E-state index in [4.69, 9.17) is 0 Å². The standard InChI is InChI=1S/C14H24N4O2/c1-3-12(14-16-9-10-17-14)18-13(20)7-5-4-6-8-15-11(2)19/h9-10,12H,3-8H2,1-2H3,(H,15,19)(H,16,17)(H,18,20). The maximum Gasteiger partial charge on any atom is 0.220 e. The van der Waals surface area contributed by atoms with Crippen molar-refractivity contribution in [3.63, 3.8) is 0 Å². The molecule has 1 unspecified atom stereocenters. The molecule has 0 aliphatic heterocycles. The topological polar surface area (TPSA) is 86.9 Å². The number of imidazole rings is 1. The average Bonchev–Trinajstić information content (AvgIpc) is 2.93. The number of carbonyl (C=O) groups excluding carboxylic acids is 2. The molecule has 0 aliphatic rings. The van der Waals surface area contributed by atoms with E-state index >= 15 is 0 Å². The summed E-state index contributed by atoms with van der Waals surface area (Å²) in [7, 11) is 0. The maximum absolute atomic E-state index is 11.8. The number of aromatic amines is 1. The van der Waals surface area contributed by atoms with E-state index in [0.717, 1.165) is 31.5 Å². The predicted octanol–water partition coefficient (Wildman–Crippen LogP) is 1.67. The summed E-state index contributed by atoms with van der Waals surface area (Å²) in [4.78, 5) is 29.7. The largest absolute Gasteiger partial charge is 0.356 e. The van der Waals surface area contributed by atoms with E-state index < -0.39 is 0 Å². The van der Waals surface area contributed by atoms with Gasteiger partial charge in [0.05, 0.1) is 6.04 Å². The number of aromatic nitrogens is 2. The summed E-state index contributed by atoms with van der Waals surface area (Å²) >= 11 is 0. The molecule has 1 aromatic heterocycles. The number of hydrogen-bond donors (Lipinski definition) is 3. The molecule has 20 heavy (non-hydrogen) atoms. The molecule has 0 aromatic carbocycles. The average molecular weight is 280 g/mol. The van der Waals surface area contributed by atoms with E-state index in [1.54, 1.807) is 12.4 Å². The molecule has 0 spiro atoms. The Morgan fingerprint density at radius 2 is 2.15 bits per heavy atom. The number of nitrogens with one attached hydrogen (secondary N) is 3. The Morgan fingerprint density at radius 3 is 2.75 bits per heavy atom. The van der Waals surface area contributed by atoms with Crippen molar-refractivity contribution in [1.82, 2.24) is 20.6 Å².